The predicted molar refractivity (Wildman–Crippen MR) is 70.6 cm³/mol. The zero-order valence-corrected chi connectivity index (χ0v) is 11.1. The van der Waals surface area contributed by atoms with Gasteiger partial charge in [-0.25, -0.2) is 0 Å². The lowest BCUT2D eigenvalue weighted by molar-refractivity contribution is -0.0264. The smallest absolute Gasteiger partial charge is 0.258 e. The Balaban J connectivity index is 1.80. The Morgan fingerprint density at radius 2 is 2.15 bits per heavy atom. The minimum absolute atomic E-state index is 0.148. The van der Waals surface area contributed by atoms with E-state index in [1.165, 1.54) is 0 Å². The van der Waals surface area contributed by atoms with E-state index in [2.05, 4.69) is 21.1 Å². The van der Waals surface area contributed by atoms with E-state index in [1.807, 2.05) is 7.05 Å². The maximum Gasteiger partial charge on any atom is 0.258 e. The molecule has 6 nitrogen and oxygen atoms in total. The third-order valence-electron chi connectivity index (χ3n) is 3.26. The molecule has 1 aliphatic heterocycles. The number of nitrogens with zero attached hydrogens (tertiary/aromatic N) is 4. The van der Waals surface area contributed by atoms with Crippen LogP contribution in [-0.2, 0) is 4.74 Å². The Hall–Kier alpha value is -2.23. The molecule has 2 heterocycles. The van der Waals surface area contributed by atoms with Crippen molar-refractivity contribution in [1.29, 1.82) is 5.26 Å². The van der Waals surface area contributed by atoms with E-state index in [0.29, 0.717) is 23.9 Å². The van der Waals surface area contributed by atoms with Crippen LogP contribution >= 0.6 is 0 Å². The summed E-state index contributed by atoms with van der Waals surface area (Å²) in [4.78, 5) is 6.55. The van der Waals surface area contributed by atoms with Gasteiger partial charge in [0.25, 0.3) is 5.89 Å². The molecule has 1 aromatic heterocycles. The topological polar surface area (TPSA) is 75.2 Å². The van der Waals surface area contributed by atoms with Gasteiger partial charge in [0.2, 0.25) is 5.82 Å². The fourth-order valence-corrected chi connectivity index (χ4v) is 2.10. The standard InChI is InChI=1S/C14H14N4O2/c1-18-6-7-19-12(9-18)13-16-14(20-17-13)11-4-2-10(8-15)3-5-11/h2-5,12H,6-7,9H2,1H3. The van der Waals surface area contributed by atoms with Crippen molar-refractivity contribution in [1.82, 2.24) is 15.0 Å². The molecule has 0 saturated carbocycles. The molecule has 1 atom stereocenters. The maximum atomic E-state index is 8.78. The maximum absolute atomic E-state index is 8.78. The lowest BCUT2D eigenvalue weighted by Crippen LogP contribution is -2.35. The summed E-state index contributed by atoms with van der Waals surface area (Å²) in [6.45, 7) is 2.34. The second-order valence-electron chi connectivity index (χ2n) is 4.77. The van der Waals surface area contributed by atoms with E-state index in [-0.39, 0.29) is 6.10 Å². The van der Waals surface area contributed by atoms with Crippen molar-refractivity contribution in [2.24, 2.45) is 0 Å². The van der Waals surface area contributed by atoms with Crippen LogP contribution in [-0.4, -0.2) is 41.8 Å². The quantitative estimate of drug-likeness (QED) is 0.825. The first-order chi connectivity index (χ1) is 9.76. The number of benzene rings is 1. The van der Waals surface area contributed by atoms with Gasteiger partial charge < -0.3 is 14.2 Å². The normalized spacial score (nSPS) is 19.7. The molecule has 3 rings (SSSR count). The fraction of sp³-hybridized carbons (Fsp3) is 0.357. The molecule has 0 amide bonds. The Kier molecular flexibility index (Phi) is 3.46. The summed E-state index contributed by atoms with van der Waals surface area (Å²) >= 11 is 0. The van der Waals surface area contributed by atoms with Gasteiger partial charge in [-0.3, -0.25) is 0 Å². The van der Waals surface area contributed by atoms with Crippen LogP contribution in [0.1, 0.15) is 17.5 Å². The molecule has 0 bridgehead atoms. The Bertz CT molecular complexity index is 629. The second kappa shape index (κ2) is 5.41. The zero-order valence-electron chi connectivity index (χ0n) is 11.1. The van der Waals surface area contributed by atoms with E-state index >= 15 is 0 Å². The molecule has 0 N–H and O–H groups in total. The largest absolute Gasteiger partial charge is 0.367 e. The van der Waals surface area contributed by atoms with Crippen molar-refractivity contribution in [3.63, 3.8) is 0 Å². The van der Waals surface area contributed by atoms with Crippen molar-refractivity contribution in [3.8, 4) is 17.5 Å². The Morgan fingerprint density at radius 1 is 1.35 bits per heavy atom. The second-order valence-corrected chi connectivity index (χ2v) is 4.77. The van der Waals surface area contributed by atoms with E-state index in [4.69, 9.17) is 14.5 Å². The molecule has 0 aliphatic carbocycles. The van der Waals surface area contributed by atoms with Crippen LogP contribution < -0.4 is 0 Å². The molecule has 1 aliphatic rings. The van der Waals surface area contributed by atoms with Gasteiger partial charge in [0.1, 0.15) is 6.10 Å². The van der Waals surface area contributed by atoms with Gasteiger partial charge in [0, 0.05) is 18.7 Å². The molecule has 0 radical (unpaired) electrons. The summed E-state index contributed by atoms with van der Waals surface area (Å²) in [5.74, 6) is 1.01. The first kappa shape index (κ1) is 12.8. The molecular weight excluding hydrogens is 256 g/mol. The van der Waals surface area contributed by atoms with Crippen molar-refractivity contribution in [2.75, 3.05) is 26.7 Å². The highest BCUT2D eigenvalue weighted by Crippen LogP contribution is 2.23. The summed E-state index contributed by atoms with van der Waals surface area (Å²) in [6.07, 6.45) is -0.148. The predicted octanol–water partition coefficient (Wildman–Crippen LogP) is 1.61. The number of hydrogen-bond donors (Lipinski definition) is 0. The van der Waals surface area contributed by atoms with Gasteiger partial charge in [-0.05, 0) is 31.3 Å². The van der Waals surface area contributed by atoms with Crippen LogP contribution in [0.3, 0.4) is 0 Å². The third-order valence-corrected chi connectivity index (χ3v) is 3.26. The lowest BCUT2D eigenvalue weighted by Gasteiger charge is -2.27. The van der Waals surface area contributed by atoms with Crippen molar-refractivity contribution in [2.45, 2.75) is 6.10 Å². The van der Waals surface area contributed by atoms with E-state index in [0.717, 1.165) is 18.7 Å². The monoisotopic (exact) mass is 270 g/mol. The first-order valence-electron chi connectivity index (χ1n) is 6.40. The highest BCUT2D eigenvalue weighted by Gasteiger charge is 2.24. The molecule has 20 heavy (non-hydrogen) atoms. The van der Waals surface area contributed by atoms with Crippen LogP contribution in [0.15, 0.2) is 28.8 Å². The molecule has 1 saturated heterocycles. The highest BCUT2D eigenvalue weighted by molar-refractivity contribution is 5.54. The number of nitriles is 1. The zero-order chi connectivity index (χ0) is 13.9. The summed E-state index contributed by atoms with van der Waals surface area (Å²) < 4.78 is 10.9. The van der Waals surface area contributed by atoms with Crippen LogP contribution in [0.4, 0.5) is 0 Å². The van der Waals surface area contributed by atoms with Gasteiger partial charge in [-0.15, -0.1) is 0 Å². The van der Waals surface area contributed by atoms with Crippen LogP contribution in [0, 0.1) is 11.3 Å². The Labute approximate surface area is 116 Å². The SMILES string of the molecule is CN1CCOC(c2noc(-c3ccc(C#N)cc3)n2)C1. The first-order valence-corrected chi connectivity index (χ1v) is 6.40. The van der Waals surface area contributed by atoms with Crippen LogP contribution in [0.2, 0.25) is 0 Å². The summed E-state index contributed by atoms with van der Waals surface area (Å²) in [5, 5.41) is 12.8. The van der Waals surface area contributed by atoms with E-state index in [9.17, 15) is 0 Å². The average Bonchev–Trinajstić information content (AvgIpc) is 2.97. The molecule has 102 valence electrons. The highest BCUT2D eigenvalue weighted by atomic mass is 16.5. The third kappa shape index (κ3) is 2.54. The minimum atomic E-state index is -0.148. The summed E-state index contributed by atoms with van der Waals surface area (Å²) in [5.41, 5.74) is 1.40. The number of ether oxygens (including phenoxy) is 1. The number of aromatic nitrogens is 2. The number of likely N-dealkylation sites (N-methyl/N-ethyl adjacent to an activating group) is 1. The van der Waals surface area contributed by atoms with Gasteiger partial charge in [-0.1, -0.05) is 5.16 Å². The van der Waals surface area contributed by atoms with Crippen LogP contribution in [0.5, 0.6) is 0 Å². The van der Waals surface area contributed by atoms with Crippen molar-refractivity contribution < 1.29 is 9.26 Å². The van der Waals surface area contributed by atoms with E-state index < -0.39 is 0 Å². The van der Waals surface area contributed by atoms with Crippen LogP contribution in [0.25, 0.3) is 11.5 Å². The van der Waals surface area contributed by atoms with Gasteiger partial charge in [-0.2, -0.15) is 10.2 Å². The fourth-order valence-electron chi connectivity index (χ4n) is 2.10. The van der Waals surface area contributed by atoms with Gasteiger partial charge in [0.05, 0.1) is 18.2 Å². The number of rotatable bonds is 2. The van der Waals surface area contributed by atoms with Crippen molar-refractivity contribution >= 4 is 0 Å². The molecule has 0 spiro atoms. The molecular formula is C14H14N4O2. The molecule has 1 fully saturated rings. The summed E-state index contributed by atoms with van der Waals surface area (Å²) in [6, 6.07) is 9.12. The number of hydrogen-bond acceptors (Lipinski definition) is 6. The van der Waals surface area contributed by atoms with Gasteiger partial charge >= 0.3 is 0 Å². The molecule has 1 unspecified atom stereocenters. The lowest BCUT2D eigenvalue weighted by atomic mass is 10.1. The summed E-state index contributed by atoms with van der Waals surface area (Å²) in [7, 11) is 2.04. The molecule has 2 aromatic rings. The van der Waals surface area contributed by atoms with Gasteiger partial charge in [0.15, 0.2) is 0 Å². The van der Waals surface area contributed by atoms with Crippen molar-refractivity contribution in [3.05, 3.63) is 35.7 Å². The minimum Gasteiger partial charge on any atom is -0.367 e. The molecule has 1 aromatic carbocycles. The van der Waals surface area contributed by atoms with E-state index in [1.54, 1.807) is 24.3 Å². The molecule has 6 heteroatoms. The number of morpholine rings is 1. The Morgan fingerprint density at radius 3 is 2.85 bits per heavy atom. The average molecular weight is 270 g/mol.